The topological polar surface area (TPSA) is 44.5 Å². The zero-order valence-corrected chi connectivity index (χ0v) is 9.79. The van der Waals surface area contributed by atoms with Crippen LogP contribution in [0.15, 0.2) is 0 Å². The molecule has 3 heteroatoms. The third-order valence-corrected chi connectivity index (χ3v) is 2.56. The summed E-state index contributed by atoms with van der Waals surface area (Å²) in [6.07, 6.45) is 3.08. The van der Waals surface area contributed by atoms with E-state index in [4.69, 9.17) is 15.2 Å². The standard InChI is InChI=1S/C11H25NO2/c1-4-11(12)10(2)6-9-14-8-5-7-13-3/h10-11H,4-9,12H2,1-3H3. The van der Waals surface area contributed by atoms with E-state index in [2.05, 4.69) is 13.8 Å². The second kappa shape index (κ2) is 9.44. The fourth-order valence-electron chi connectivity index (χ4n) is 1.29. The second-order valence-electron chi connectivity index (χ2n) is 3.80. The lowest BCUT2D eigenvalue weighted by Gasteiger charge is -2.17. The van der Waals surface area contributed by atoms with Gasteiger partial charge in [-0.1, -0.05) is 13.8 Å². The molecule has 2 atom stereocenters. The molecule has 2 unspecified atom stereocenters. The van der Waals surface area contributed by atoms with Gasteiger partial charge < -0.3 is 15.2 Å². The summed E-state index contributed by atoms with van der Waals surface area (Å²) in [5.41, 5.74) is 5.90. The fourth-order valence-corrected chi connectivity index (χ4v) is 1.29. The van der Waals surface area contributed by atoms with Crippen molar-refractivity contribution in [3.05, 3.63) is 0 Å². The van der Waals surface area contributed by atoms with Crippen LogP contribution in [0.2, 0.25) is 0 Å². The average molecular weight is 203 g/mol. The molecule has 0 aromatic rings. The minimum absolute atomic E-state index is 0.317. The molecule has 0 bridgehead atoms. The van der Waals surface area contributed by atoms with Gasteiger partial charge in [0.15, 0.2) is 0 Å². The lowest BCUT2D eigenvalue weighted by atomic mass is 9.98. The summed E-state index contributed by atoms with van der Waals surface area (Å²) in [6, 6.07) is 0.317. The maximum atomic E-state index is 5.90. The van der Waals surface area contributed by atoms with E-state index in [0.717, 1.165) is 39.1 Å². The number of nitrogens with two attached hydrogens (primary N) is 1. The Kier molecular flexibility index (Phi) is 9.35. The van der Waals surface area contributed by atoms with E-state index in [1.807, 2.05) is 0 Å². The van der Waals surface area contributed by atoms with Crippen LogP contribution >= 0.6 is 0 Å². The third kappa shape index (κ3) is 7.30. The third-order valence-electron chi connectivity index (χ3n) is 2.56. The number of hydrogen-bond acceptors (Lipinski definition) is 3. The Labute approximate surface area is 88.0 Å². The van der Waals surface area contributed by atoms with Crippen LogP contribution in [-0.2, 0) is 9.47 Å². The molecule has 0 radical (unpaired) electrons. The molecule has 2 N–H and O–H groups in total. The van der Waals surface area contributed by atoms with Crippen molar-refractivity contribution in [1.82, 2.24) is 0 Å². The number of rotatable bonds is 9. The highest BCUT2D eigenvalue weighted by atomic mass is 16.5. The van der Waals surface area contributed by atoms with Crippen molar-refractivity contribution >= 4 is 0 Å². The molecule has 0 spiro atoms. The van der Waals surface area contributed by atoms with E-state index >= 15 is 0 Å². The van der Waals surface area contributed by atoms with E-state index in [-0.39, 0.29) is 0 Å². The molecule has 3 nitrogen and oxygen atoms in total. The Bertz CT molecular complexity index is 120. The molecule has 0 heterocycles. The summed E-state index contributed by atoms with van der Waals surface area (Å²) in [6.45, 7) is 6.71. The normalized spacial score (nSPS) is 15.4. The van der Waals surface area contributed by atoms with Crippen LogP contribution in [-0.4, -0.2) is 33.0 Å². The van der Waals surface area contributed by atoms with Crippen LogP contribution in [0.1, 0.15) is 33.1 Å². The second-order valence-corrected chi connectivity index (χ2v) is 3.80. The van der Waals surface area contributed by atoms with Crippen LogP contribution in [0, 0.1) is 5.92 Å². The molecule has 0 fully saturated rings. The predicted molar refractivity (Wildman–Crippen MR) is 59.4 cm³/mol. The number of hydrogen-bond donors (Lipinski definition) is 1. The molecule has 0 saturated heterocycles. The molecule has 0 aromatic carbocycles. The largest absolute Gasteiger partial charge is 0.385 e. The van der Waals surface area contributed by atoms with E-state index in [1.165, 1.54) is 0 Å². The Morgan fingerprint density at radius 1 is 1.21 bits per heavy atom. The van der Waals surface area contributed by atoms with Gasteiger partial charge in [-0.3, -0.25) is 0 Å². The molecule has 0 amide bonds. The van der Waals surface area contributed by atoms with Gasteiger partial charge >= 0.3 is 0 Å². The molecular weight excluding hydrogens is 178 g/mol. The highest BCUT2D eigenvalue weighted by Crippen LogP contribution is 2.08. The summed E-state index contributed by atoms with van der Waals surface area (Å²) < 4.78 is 10.4. The van der Waals surface area contributed by atoms with E-state index < -0.39 is 0 Å². The Morgan fingerprint density at radius 3 is 2.50 bits per heavy atom. The predicted octanol–water partition coefficient (Wildman–Crippen LogP) is 1.80. The van der Waals surface area contributed by atoms with Gasteiger partial charge in [0.1, 0.15) is 0 Å². The minimum Gasteiger partial charge on any atom is -0.385 e. The number of ether oxygens (including phenoxy) is 2. The first-order valence-electron chi connectivity index (χ1n) is 5.54. The van der Waals surface area contributed by atoms with Crippen molar-refractivity contribution in [2.75, 3.05) is 26.9 Å². The molecule has 14 heavy (non-hydrogen) atoms. The molecule has 0 aromatic heterocycles. The molecule has 0 aliphatic rings. The van der Waals surface area contributed by atoms with E-state index in [9.17, 15) is 0 Å². The zero-order chi connectivity index (χ0) is 10.8. The first-order valence-corrected chi connectivity index (χ1v) is 5.54. The average Bonchev–Trinajstić information content (AvgIpc) is 2.21. The zero-order valence-electron chi connectivity index (χ0n) is 9.79. The van der Waals surface area contributed by atoms with Gasteiger partial charge in [0.25, 0.3) is 0 Å². The smallest absolute Gasteiger partial charge is 0.0487 e. The lowest BCUT2D eigenvalue weighted by molar-refractivity contribution is 0.0928. The van der Waals surface area contributed by atoms with Crippen molar-refractivity contribution < 1.29 is 9.47 Å². The van der Waals surface area contributed by atoms with E-state index in [1.54, 1.807) is 7.11 Å². The van der Waals surface area contributed by atoms with Crippen LogP contribution < -0.4 is 5.73 Å². The van der Waals surface area contributed by atoms with Crippen LogP contribution in [0.4, 0.5) is 0 Å². The van der Waals surface area contributed by atoms with Crippen molar-refractivity contribution in [1.29, 1.82) is 0 Å². The van der Waals surface area contributed by atoms with Gasteiger partial charge in [-0.2, -0.15) is 0 Å². The maximum Gasteiger partial charge on any atom is 0.0487 e. The van der Waals surface area contributed by atoms with Crippen molar-refractivity contribution in [3.63, 3.8) is 0 Å². The fraction of sp³-hybridized carbons (Fsp3) is 1.00. The molecule has 0 aliphatic heterocycles. The maximum absolute atomic E-state index is 5.90. The van der Waals surface area contributed by atoms with Gasteiger partial charge in [0.2, 0.25) is 0 Å². The molecule has 0 aliphatic carbocycles. The molecule has 86 valence electrons. The molecule has 0 rings (SSSR count). The van der Waals surface area contributed by atoms with Crippen LogP contribution in [0.5, 0.6) is 0 Å². The van der Waals surface area contributed by atoms with Gasteiger partial charge in [0, 0.05) is 33.0 Å². The minimum atomic E-state index is 0.317. The SMILES string of the molecule is CCC(N)C(C)CCOCCCOC. The summed E-state index contributed by atoms with van der Waals surface area (Å²) in [5.74, 6) is 0.558. The summed E-state index contributed by atoms with van der Waals surface area (Å²) in [5, 5.41) is 0. The lowest BCUT2D eigenvalue weighted by Crippen LogP contribution is -2.28. The highest BCUT2D eigenvalue weighted by molar-refractivity contribution is 4.66. The Balaban J connectivity index is 3.18. The van der Waals surface area contributed by atoms with E-state index in [0.29, 0.717) is 12.0 Å². The Hall–Kier alpha value is -0.120. The summed E-state index contributed by atoms with van der Waals surface area (Å²) in [4.78, 5) is 0. The van der Waals surface area contributed by atoms with Crippen LogP contribution in [0.25, 0.3) is 0 Å². The first-order chi connectivity index (χ1) is 6.72. The van der Waals surface area contributed by atoms with Crippen molar-refractivity contribution in [2.45, 2.75) is 39.2 Å². The highest BCUT2D eigenvalue weighted by Gasteiger charge is 2.09. The monoisotopic (exact) mass is 203 g/mol. The summed E-state index contributed by atoms with van der Waals surface area (Å²) >= 11 is 0. The quantitative estimate of drug-likeness (QED) is 0.581. The van der Waals surface area contributed by atoms with Crippen molar-refractivity contribution in [3.8, 4) is 0 Å². The summed E-state index contributed by atoms with van der Waals surface area (Å²) in [7, 11) is 1.71. The number of methoxy groups -OCH3 is 1. The van der Waals surface area contributed by atoms with Crippen molar-refractivity contribution in [2.24, 2.45) is 11.7 Å². The first kappa shape index (κ1) is 13.9. The Morgan fingerprint density at radius 2 is 1.93 bits per heavy atom. The molecular formula is C11H25NO2. The van der Waals surface area contributed by atoms with Gasteiger partial charge in [-0.25, -0.2) is 0 Å². The van der Waals surface area contributed by atoms with Crippen LogP contribution in [0.3, 0.4) is 0 Å². The molecule has 0 saturated carbocycles. The van der Waals surface area contributed by atoms with Gasteiger partial charge in [-0.05, 0) is 25.2 Å². The van der Waals surface area contributed by atoms with Gasteiger partial charge in [-0.15, -0.1) is 0 Å². The van der Waals surface area contributed by atoms with Gasteiger partial charge in [0.05, 0.1) is 0 Å².